The average Bonchev–Trinajstić information content (AvgIpc) is 2.75. The summed E-state index contributed by atoms with van der Waals surface area (Å²) in [5.74, 6) is -0.504. The van der Waals surface area contributed by atoms with Crippen molar-refractivity contribution in [3.8, 4) is 0 Å². The van der Waals surface area contributed by atoms with Crippen molar-refractivity contribution in [2.45, 2.75) is 32.1 Å². The Labute approximate surface area is 172 Å². The van der Waals surface area contributed by atoms with Crippen LogP contribution < -0.4 is 15.5 Å². The van der Waals surface area contributed by atoms with E-state index >= 15 is 0 Å². The van der Waals surface area contributed by atoms with E-state index in [1.807, 2.05) is 43.3 Å². The molecule has 0 saturated heterocycles. The number of benzene rings is 1. The van der Waals surface area contributed by atoms with E-state index in [2.05, 4.69) is 21.7 Å². The predicted octanol–water partition coefficient (Wildman–Crippen LogP) is 4.02. The van der Waals surface area contributed by atoms with Crippen LogP contribution in [0.4, 0.5) is 11.4 Å². The minimum Gasteiger partial charge on any atom is -0.378 e. The standard InChI is InChI=1S/C23H28N4O2/c1-27(2)21-10-8-20(9-11-21)26-23(29)19-14-18(15-24-16-19)22(28)25-13-12-17-6-4-3-5-7-17/h6,8-11,14-16H,3-5,7,12-13H2,1-2H3,(H,25,28)(H,26,29). The van der Waals surface area contributed by atoms with Crippen LogP contribution in [-0.4, -0.2) is 37.4 Å². The Morgan fingerprint density at radius 1 is 1.03 bits per heavy atom. The Kier molecular flexibility index (Phi) is 7.00. The Morgan fingerprint density at radius 2 is 1.76 bits per heavy atom. The van der Waals surface area contributed by atoms with Gasteiger partial charge in [-0.25, -0.2) is 0 Å². The molecular weight excluding hydrogens is 364 g/mol. The Hall–Kier alpha value is -3.15. The summed E-state index contributed by atoms with van der Waals surface area (Å²) < 4.78 is 0. The van der Waals surface area contributed by atoms with Crippen molar-refractivity contribution in [3.05, 3.63) is 65.5 Å². The molecule has 29 heavy (non-hydrogen) atoms. The minimum atomic E-state index is -0.294. The van der Waals surface area contributed by atoms with E-state index in [0.717, 1.165) is 24.9 Å². The van der Waals surface area contributed by atoms with Crippen LogP contribution in [0.2, 0.25) is 0 Å². The Balaban J connectivity index is 1.56. The van der Waals surface area contributed by atoms with Crippen molar-refractivity contribution >= 4 is 23.2 Å². The fourth-order valence-corrected chi connectivity index (χ4v) is 3.30. The molecule has 0 unspecified atom stereocenters. The van der Waals surface area contributed by atoms with Gasteiger partial charge in [0.25, 0.3) is 11.8 Å². The quantitative estimate of drug-likeness (QED) is 0.698. The molecule has 1 heterocycles. The fourth-order valence-electron chi connectivity index (χ4n) is 3.30. The van der Waals surface area contributed by atoms with E-state index in [1.54, 1.807) is 6.07 Å². The Bertz CT molecular complexity index is 888. The second-order valence-electron chi connectivity index (χ2n) is 7.47. The van der Waals surface area contributed by atoms with E-state index < -0.39 is 0 Å². The zero-order valence-corrected chi connectivity index (χ0v) is 17.1. The third kappa shape index (κ3) is 5.91. The number of aromatic nitrogens is 1. The van der Waals surface area contributed by atoms with E-state index in [9.17, 15) is 9.59 Å². The van der Waals surface area contributed by atoms with E-state index in [0.29, 0.717) is 23.4 Å². The number of carbonyl (C=O) groups excluding carboxylic acids is 2. The molecular formula is C23H28N4O2. The molecule has 0 saturated carbocycles. The van der Waals surface area contributed by atoms with Crippen molar-refractivity contribution in [1.29, 1.82) is 0 Å². The lowest BCUT2D eigenvalue weighted by Crippen LogP contribution is -2.25. The van der Waals surface area contributed by atoms with Crippen molar-refractivity contribution in [1.82, 2.24) is 10.3 Å². The SMILES string of the molecule is CN(C)c1ccc(NC(=O)c2cncc(C(=O)NCCC3=CCCCC3)c2)cc1. The number of hydrogen-bond acceptors (Lipinski definition) is 4. The number of rotatable bonds is 7. The number of nitrogens with zero attached hydrogens (tertiary/aromatic N) is 2. The summed E-state index contributed by atoms with van der Waals surface area (Å²) in [5.41, 5.74) is 3.90. The third-order valence-electron chi connectivity index (χ3n) is 5.02. The van der Waals surface area contributed by atoms with Crippen LogP contribution in [0.1, 0.15) is 52.8 Å². The van der Waals surface area contributed by atoms with Crippen molar-refractivity contribution in [2.75, 3.05) is 30.9 Å². The van der Waals surface area contributed by atoms with Crippen molar-refractivity contribution in [3.63, 3.8) is 0 Å². The molecule has 0 fully saturated rings. The van der Waals surface area contributed by atoms with Crippen LogP contribution in [0.3, 0.4) is 0 Å². The average molecular weight is 393 g/mol. The summed E-state index contributed by atoms with van der Waals surface area (Å²) in [6, 6.07) is 9.12. The predicted molar refractivity (Wildman–Crippen MR) is 116 cm³/mol. The summed E-state index contributed by atoms with van der Waals surface area (Å²) in [5, 5.41) is 5.76. The zero-order valence-electron chi connectivity index (χ0n) is 17.1. The maximum atomic E-state index is 12.5. The topological polar surface area (TPSA) is 74.3 Å². The third-order valence-corrected chi connectivity index (χ3v) is 5.02. The molecule has 2 amide bonds. The number of nitrogens with one attached hydrogen (secondary N) is 2. The molecule has 6 nitrogen and oxygen atoms in total. The van der Waals surface area contributed by atoms with Gasteiger partial charge < -0.3 is 15.5 Å². The van der Waals surface area contributed by atoms with Gasteiger partial charge >= 0.3 is 0 Å². The van der Waals surface area contributed by atoms with Crippen LogP contribution in [0.5, 0.6) is 0 Å². The first-order valence-electron chi connectivity index (χ1n) is 10.0. The molecule has 6 heteroatoms. The number of allylic oxidation sites excluding steroid dienone is 1. The lowest BCUT2D eigenvalue weighted by Gasteiger charge is -2.13. The van der Waals surface area contributed by atoms with Crippen LogP contribution in [-0.2, 0) is 0 Å². The molecule has 1 aliphatic rings. The smallest absolute Gasteiger partial charge is 0.257 e. The highest BCUT2D eigenvalue weighted by molar-refractivity contribution is 6.05. The van der Waals surface area contributed by atoms with Crippen LogP contribution >= 0.6 is 0 Å². The van der Waals surface area contributed by atoms with Crippen LogP contribution in [0.25, 0.3) is 0 Å². The summed E-state index contributed by atoms with van der Waals surface area (Å²) in [7, 11) is 3.92. The van der Waals surface area contributed by atoms with Gasteiger partial charge in [0, 0.05) is 44.4 Å². The molecule has 0 radical (unpaired) electrons. The second-order valence-corrected chi connectivity index (χ2v) is 7.47. The van der Waals surface area contributed by atoms with Gasteiger partial charge in [0.1, 0.15) is 0 Å². The number of anilines is 2. The maximum absolute atomic E-state index is 12.5. The van der Waals surface area contributed by atoms with Gasteiger partial charge in [-0.15, -0.1) is 0 Å². The van der Waals surface area contributed by atoms with Crippen molar-refractivity contribution < 1.29 is 9.59 Å². The number of pyridine rings is 1. The molecule has 0 atom stereocenters. The van der Waals surface area contributed by atoms with Gasteiger partial charge in [-0.3, -0.25) is 14.6 Å². The highest BCUT2D eigenvalue weighted by Gasteiger charge is 2.12. The Morgan fingerprint density at radius 3 is 2.41 bits per heavy atom. The highest BCUT2D eigenvalue weighted by atomic mass is 16.2. The van der Waals surface area contributed by atoms with Crippen LogP contribution in [0.15, 0.2) is 54.4 Å². The molecule has 0 spiro atoms. The summed E-state index contributed by atoms with van der Waals surface area (Å²) in [4.78, 5) is 31.0. The number of hydrogen-bond donors (Lipinski definition) is 2. The van der Waals surface area contributed by atoms with Gasteiger partial charge in [-0.05, 0) is 62.4 Å². The molecule has 1 aromatic carbocycles. The molecule has 3 rings (SSSR count). The van der Waals surface area contributed by atoms with E-state index in [-0.39, 0.29) is 11.8 Å². The second kappa shape index (κ2) is 9.87. The summed E-state index contributed by atoms with van der Waals surface area (Å²) >= 11 is 0. The molecule has 152 valence electrons. The normalized spacial score (nSPS) is 13.4. The fraction of sp³-hybridized carbons (Fsp3) is 0.348. The molecule has 0 aliphatic heterocycles. The summed E-state index contributed by atoms with van der Waals surface area (Å²) in [6.45, 7) is 0.597. The van der Waals surface area contributed by atoms with Crippen molar-refractivity contribution in [2.24, 2.45) is 0 Å². The van der Waals surface area contributed by atoms with E-state index in [4.69, 9.17) is 0 Å². The first-order valence-corrected chi connectivity index (χ1v) is 10.0. The molecule has 0 bridgehead atoms. The van der Waals surface area contributed by atoms with Gasteiger partial charge in [0.05, 0.1) is 11.1 Å². The lowest BCUT2D eigenvalue weighted by molar-refractivity contribution is 0.0953. The molecule has 2 N–H and O–H groups in total. The number of carbonyl (C=O) groups is 2. The van der Waals surface area contributed by atoms with Gasteiger partial charge in [0.2, 0.25) is 0 Å². The van der Waals surface area contributed by atoms with E-state index in [1.165, 1.54) is 30.8 Å². The molecule has 2 aromatic rings. The lowest BCUT2D eigenvalue weighted by atomic mass is 9.97. The monoisotopic (exact) mass is 392 g/mol. The maximum Gasteiger partial charge on any atom is 0.257 e. The van der Waals surface area contributed by atoms with Gasteiger partial charge in [-0.1, -0.05) is 11.6 Å². The van der Waals surface area contributed by atoms with Gasteiger partial charge in [0.15, 0.2) is 0 Å². The largest absolute Gasteiger partial charge is 0.378 e. The first-order chi connectivity index (χ1) is 14.0. The molecule has 1 aliphatic carbocycles. The minimum absolute atomic E-state index is 0.209. The zero-order chi connectivity index (χ0) is 20.6. The molecule has 1 aromatic heterocycles. The summed E-state index contributed by atoms with van der Waals surface area (Å²) in [6.07, 6.45) is 10.9. The van der Waals surface area contributed by atoms with Gasteiger partial charge in [-0.2, -0.15) is 0 Å². The van der Waals surface area contributed by atoms with Crippen LogP contribution in [0, 0.1) is 0 Å². The highest BCUT2D eigenvalue weighted by Crippen LogP contribution is 2.19. The number of amides is 2. The first kappa shape index (κ1) is 20.6.